The number of amides is 1. The first-order chi connectivity index (χ1) is 15.6. The van der Waals surface area contributed by atoms with Crippen LogP contribution in [0.3, 0.4) is 0 Å². The molecular formula is C24H24N4O3S. The van der Waals surface area contributed by atoms with Gasteiger partial charge < -0.3 is 19.0 Å². The molecule has 1 fully saturated rings. The number of hydrogen-bond acceptors (Lipinski definition) is 7. The van der Waals surface area contributed by atoms with Gasteiger partial charge in [0.25, 0.3) is 5.91 Å². The fourth-order valence-corrected chi connectivity index (χ4v) is 4.79. The Morgan fingerprint density at radius 1 is 1.12 bits per heavy atom. The molecule has 0 bridgehead atoms. The summed E-state index contributed by atoms with van der Waals surface area (Å²) in [6, 6.07) is 13.5. The van der Waals surface area contributed by atoms with Crippen molar-refractivity contribution in [3.8, 4) is 5.75 Å². The lowest BCUT2D eigenvalue weighted by Gasteiger charge is -2.34. The molecule has 1 amide bonds. The molecule has 1 aliphatic heterocycles. The molecule has 4 aromatic rings. The van der Waals surface area contributed by atoms with Gasteiger partial charge >= 0.3 is 0 Å². The van der Waals surface area contributed by atoms with Gasteiger partial charge in [-0.05, 0) is 49.7 Å². The molecular weight excluding hydrogens is 424 g/mol. The van der Waals surface area contributed by atoms with Crippen molar-refractivity contribution in [3.05, 3.63) is 71.3 Å². The van der Waals surface area contributed by atoms with Gasteiger partial charge in [0.15, 0.2) is 10.9 Å². The van der Waals surface area contributed by atoms with E-state index in [4.69, 9.17) is 9.15 Å². The first-order valence-electron chi connectivity index (χ1n) is 10.6. The second-order valence-electron chi connectivity index (χ2n) is 7.93. The summed E-state index contributed by atoms with van der Waals surface area (Å²) in [4.78, 5) is 26.9. The quantitative estimate of drug-likeness (QED) is 0.449. The Morgan fingerprint density at radius 2 is 1.97 bits per heavy atom. The molecule has 0 atom stereocenters. The first-order valence-corrected chi connectivity index (χ1v) is 11.4. The van der Waals surface area contributed by atoms with Crippen molar-refractivity contribution in [3.63, 3.8) is 0 Å². The summed E-state index contributed by atoms with van der Waals surface area (Å²) >= 11 is 1.59. The molecule has 0 spiro atoms. The van der Waals surface area contributed by atoms with E-state index in [1.807, 2.05) is 36.1 Å². The van der Waals surface area contributed by atoms with E-state index in [9.17, 15) is 4.79 Å². The molecule has 1 saturated heterocycles. The van der Waals surface area contributed by atoms with Crippen LogP contribution >= 0.6 is 11.3 Å². The number of aryl methyl sites for hydroxylation is 2. The largest absolute Gasteiger partial charge is 0.485 e. The third-order valence-electron chi connectivity index (χ3n) is 5.57. The average molecular weight is 449 g/mol. The summed E-state index contributed by atoms with van der Waals surface area (Å²) in [5.41, 5.74) is 3.19. The van der Waals surface area contributed by atoms with Crippen LogP contribution in [0.25, 0.3) is 10.3 Å². The summed E-state index contributed by atoms with van der Waals surface area (Å²) in [5, 5.41) is 0.953. The Morgan fingerprint density at radius 3 is 2.75 bits per heavy atom. The highest BCUT2D eigenvalue weighted by Crippen LogP contribution is 2.28. The number of fused-ring (bicyclic) bond motifs is 1. The fraction of sp³-hybridized carbons (Fsp3) is 0.292. The number of benzene rings is 1. The predicted octanol–water partition coefficient (Wildman–Crippen LogP) is 4.44. The Balaban J connectivity index is 1.18. The molecule has 3 aromatic heterocycles. The lowest BCUT2D eigenvalue weighted by Crippen LogP contribution is -2.48. The minimum Gasteiger partial charge on any atom is -0.485 e. The summed E-state index contributed by atoms with van der Waals surface area (Å²) in [5.74, 6) is 1.71. The molecule has 1 aliphatic rings. The summed E-state index contributed by atoms with van der Waals surface area (Å²) < 4.78 is 11.7. The molecule has 7 nitrogen and oxygen atoms in total. The van der Waals surface area contributed by atoms with Crippen LogP contribution in [-0.4, -0.2) is 47.0 Å². The number of thiazole rings is 1. The Kier molecular flexibility index (Phi) is 5.53. The second-order valence-corrected chi connectivity index (χ2v) is 8.88. The number of carbonyl (C=O) groups excluding carboxylic acids is 1. The van der Waals surface area contributed by atoms with Crippen molar-refractivity contribution in [2.75, 3.05) is 31.1 Å². The van der Waals surface area contributed by atoms with Gasteiger partial charge in [0.2, 0.25) is 0 Å². The van der Waals surface area contributed by atoms with Crippen molar-refractivity contribution >= 4 is 32.7 Å². The van der Waals surface area contributed by atoms with Gasteiger partial charge in [-0.25, -0.2) is 9.97 Å². The smallest absolute Gasteiger partial charge is 0.289 e. The Bertz CT molecular complexity index is 1220. The van der Waals surface area contributed by atoms with Crippen LogP contribution in [0.1, 0.15) is 27.4 Å². The van der Waals surface area contributed by atoms with Crippen molar-refractivity contribution in [1.29, 1.82) is 0 Å². The van der Waals surface area contributed by atoms with E-state index in [2.05, 4.69) is 27.9 Å². The molecule has 8 heteroatoms. The van der Waals surface area contributed by atoms with Gasteiger partial charge in [0.05, 0.1) is 0 Å². The van der Waals surface area contributed by atoms with Gasteiger partial charge in [0.1, 0.15) is 28.5 Å². The summed E-state index contributed by atoms with van der Waals surface area (Å²) in [6.07, 6.45) is 1.78. The molecule has 164 valence electrons. The predicted molar refractivity (Wildman–Crippen MR) is 124 cm³/mol. The number of anilines is 1. The molecule has 4 heterocycles. The van der Waals surface area contributed by atoms with E-state index in [1.165, 1.54) is 5.56 Å². The SMILES string of the molecule is Cc1ccc(OCc2ccc(C(=O)N3CCN(c4nc5cccnc5s4)CC3)o2)c(C)c1. The van der Waals surface area contributed by atoms with Gasteiger partial charge in [0, 0.05) is 32.4 Å². The van der Waals surface area contributed by atoms with Crippen LogP contribution in [-0.2, 0) is 6.61 Å². The topological polar surface area (TPSA) is 71.7 Å². The number of pyridine rings is 1. The van der Waals surface area contributed by atoms with E-state index >= 15 is 0 Å². The molecule has 1 aromatic carbocycles. The second kappa shape index (κ2) is 8.63. The summed E-state index contributed by atoms with van der Waals surface area (Å²) in [6.45, 7) is 7.07. The standard InChI is InChI=1S/C24H24N4O3S/c1-16-5-7-20(17(2)14-16)30-15-18-6-8-21(31-18)23(29)27-10-12-28(13-11-27)24-26-19-4-3-9-25-22(19)32-24/h3-9,14H,10-13,15H2,1-2H3. The molecule has 32 heavy (non-hydrogen) atoms. The van der Waals surface area contributed by atoms with Crippen LogP contribution in [0.15, 0.2) is 53.1 Å². The van der Waals surface area contributed by atoms with Crippen molar-refractivity contribution in [2.24, 2.45) is 0 Å². The monoisotopic (exact) mass is 448 g/mol. The number of ether oxygens (including phenoxy) is 1. The zero-order valence-electron chi connectivity index (χ0n) is 18.1. The zero-order valence-corrected chi connectivity index (χ0v) is 18.9. The normalized spacial score (nSPS) is 14.2. The molecule has 0 N–H and O–H groups in total. The highest BCUT2D eigenvalue weighted by molar-refractivity contribution is 7.21. The number of piperazine rings is 1. The molecule has 0 radical (unpaired) electrons. The highest BCUT2D eigenvalue weighted by atomic mass is 32.1. The maximum Gasteiger partial charge on any atom is 0.289 e. The third kappa shape index (κ3) is 4.18. The molecule has 0 saturated carbocycles. The van der Waals surface area contributed by atoms with E-state index in [-0.39, 0.29) is 12.5 Å². The van der Waals surface area contributed by atoms with Gasteiger partial charge in [-0.15, -0.1) is 0 Å². The Hall–Kier alpha value is -3.39. The van der Waals surface area contributed by atoms with Gasteiger partial charge in [-0.1, -0.05) is 29.0 Å². The molecule has 5 rings (SSSR count). The van der Waals surface area contributed by atoms with Crippen molar-refractivity contribution < 1.29 is 13.9 Å². The maximum atomic E-state index is 12.9. The van der Waals surface area contributed by atoms with Crippen molar-refractivity contribution in [1.82, 2.24) is 14.9 Å². The van der Waals surface area contributed by atoms with Gasteiger partial charge in [-0.3, -0.25) is 4.79 Å². The van der Waals surface area contributed by atoms with Gasteiger partial charge in [-0.2, -0.15) is 0 Å². The lowest BCUT2D eigenvalue weighted by atomic mass is 10.1. The van der Waals surface area contributed by atoms with Crippen LogP contribution in [0.2, 0.25) is 0 Å². The average Bonchev–Trinajstić information content (AvgIpc) is 3.45. The number of furan rings is 1. The van der Waals surface area contributed by atoms with Crippen LogP contribution in [0, 0.1) is 13.8 Å². The number of rotatable bonds is 5. The maximum absolute atomic E-state index is 12.9. The van der Waals surface area contributed by atoms with Crippen LogP contribution in [0.4, 0.5) is 5.13 Å². The molecule has 0 aliphatic carbocycles. The van der Waals surface area contributed by atoms with Crippen LogP contribution in [0.5, 0.6) is 5.75 Å². The highest BCUT2D eigenvalue weighted by Gasteiger charge is 2.26. The van der Waals surface area contributed by atoms with Crippen LogP contribution < -0.4 is 9.64 Å². The minimum absolute atomic E-state index is 0.0895. The molecule has 0 unspecified atom stereocenters. The number of hydrogen-bond donors (Lipinski definition) is 0. The van der Waals surface area contributed by atoms with E-state index in [1.54, 1.807) is 29.7 Å². The zero-order chi connectivity index (χ0) is 22.1. The van der Waals surface area contributed by atoms with E-state index < -0.39 is 0 Å². The number of carbonyl (C=O) groups is 1. The number of aromatic nitrogens is 2. The number of nitrogens with zero attached hydrogens (tertiary/aromatic N) is 4. The third-order valence-corrected chi connectivity index (χ3v) is 6.61. The fourth-order valence-electron chi connectivity index (χ4n) is 3.83. The van der Waals surface area contributed by atoms with Crippen molar-refractivity contribution in [2.45, 2.75) is 20.5 Å². The first kappa shape index (κ1) is 20.5. The van der Waals surface area contributed by atoms with E-state index in [0.29, 0.717) is 24.6 Å². The summed E-state index contributed by atoms with van der Waals surface area (Å²) in [7, 11) is 0. The lowest BCUT2D eigenvalue weighted by molar-refractivity contribution is 0.0710. The van der Waals surface area contributed by atoms with E-state index in [0.717, 1.165) is 39.9 Å². The minimum atomic E-state index is -0.0895. The Labute approximate surface area is 190 Å².